The number of rotatable bonds is 6. The van der Waals surface area contributed by atoms with Gasteiger partial charge in [-0.15, -0.1) is 0 Å². The smallest absolute Gasteiger partial charge is 0.312 e. The van der Waals surface area contributed by atoms with Crippen LogP contribution in [0.2, 0.25) is 0 Å². The molecule has 0 fully saturated rings. The van der Waals surface area contributed by atoms with E-state index in [0.29, 0.717) is 6.42 Å². The average molecular weight is 216 g/mol. The van der Waals surface area contributed by atoms with Crippen molar-refractivity contribution in [3.63, 3.8) is 0 Å². The van der Waals surface area contributed by atoms with Gasteiger partial charge < -0.3 is 10.2 Å². The van der Waals surface area contributed by atoms with Gasteiger partial charge in [-0.3, -0.25) is 4.79 Å². The number of aliphatic carboxylic acids is 1. The van der Waals surface area contributed by atoms with Crippen LogP contribution in [0.25, 0.3) is 0 Å². The summed E-state index contributed by atoms with van der Waals surface area (Å²) >= 11 is 0. The minimum absolute atomic E-state index is 0.263. The summed E-state index contributed by atoms with van der Waals surface area (Å²) in [5.41, 5.74) is -1.41. The van der Waals surface area contributed by atoms with E-state index in [1.165, 1.54) is 0 Å². The van der Waals surface area contributed by atoms with E-state index in [1.54, 1.807) is 0 Å². The fourth-order valence-corrected chi connectivity index (χ4v) is 2.03. The van der Waals surface area contributed by atoms with Gasteiger partial charge in [0.2, 0.25) is 0 Å². The molecule has 0 aliphatic heterocycles. The zero-order chi connectivity index (χ0) is 12.3. The monoisotopic (exact) mass is 216 g/mol. The number of hydrogen-bond donors (Lipinski definition) is 2. The summed E-state index contributed by atoms with van der Waals surface area (Å²) in [4.78, 5) is 11.4. The van der Waals surface area contributed by atoms with Gasteiger partial charge in [0.25, 0.3) is 0 Å². The molecule has 0 heterocycles. The second-order valence-electron chi connectivity index (χ2n) is 5.38. The van der Waals surface area contributed by atoms with Gasteiger partial charge in [-0.2, -0.15) is 0 Å². The topological polar surface area (TPSA) is 57.5 Å². The molecule has 3 heteroatoms. The van der Waals surface area contributed by atoms with E-state index in [2.05, 4.69) is 0 Å². The lowest BCUT2D eigenvalue weighted by Crippen LogP contribution is -2.48. The van der Waals surface area contributed by atoms with Gasteiger partial charge in [-0.25, -0.2) is 0 Å². The summed E-state index contributed by atoms with van der Waals surface area (Å²) in [5, 5.41) is 18.9. The van der Waals surface area contributed by atoms with E-state index in [1.807, 2.05) is 34.6 Å². The van der Waals surface area contributed by atoms with Gasteiger partial charge in [0.05, 0.1) is 12.0 Å². The predicted octanol–water partition coefficient (Wildman–Crippen LogP) is 2.53. The second-order valence-corrected chi connectivity index (χ2v) is 5.38. The summed E-state index contributed by atoms with van der Waals surface area (Å²) in [6, 6.07) is 0. The Hall–Kier alpha value is -0.570. The molecule has 15 heavy (non-hydrogen) atoms. The first-order valence-electron chi connectivity index (χ1n) is 5.57. The number of carbonyl (C=O) groups is 1. The van der Waals surface area contributed by atoms with Crippen LogP contribution in [0.3, 0.4) is 0 Å². The highest BCUT2D eigenvalue weighted by atomic mass is 16.4. The molecule has 0 aromatic rings. The van der Waals surface area contributed by atoms with Crippen LogP contribution in [0.15, 0.2) is 0 Å². The Bertz CT molecular complexity index is 221. The lowest BCUT2D eigenvalue weighted by Gasteiger charge is -2.43. The fourth-order valence-electron chi connectivity index (χ4n) is 2.03. The van der Waals surface area contributed by atoms with Crippen molar-refractivity contribution >= 4 is 5.97 Å². The van der Waals surface area contributed by atoms with Gasteiger partial charge >= 0.3 is 5.97 Å². The normalized spacial score (nSPS) is 16.5. The first kappa shape index (κ1) is 14.4. The third-order valence-corrected chi connectivity index (χ3v) is 3.62. The SMILES string of the molecule is CCC(C)(C)C(CO)(CC(C)C)C(=O)O. The zero-order valence-corrected chi connectivity index (χ0v) is 10.5. The van der Waals surface area contributed by atoms with Crippen molar-refractivity contribution in [2.45, 2.75) is 47.5 Å². The second kappa shape index (κ2) is 4.97. The van der Waals surface area contributed by atoms with Gasteiger partial charge in [0, 0.05) is 0 Å². The molecule has 90 valence electrons. The van der Waals surface area contributed by atoms with Gasteiger partial charge in [-0.05, 0) is 24.2 Å². The van der Waals surface area contributed by atoms with E-state index in [-0.39, 0.29) is 12.5 Å². The van der Waals surface area contributed by atoms with E-state index in [0.717, 1.165) is 6.42 Å². The summed E-state index contributed by atoms with van der Waals surface area (Å²) in [7, 11) is 0. The highest BCUT2D eigenvalue weighted by molar-refractivity contribution is 5.76. The molecular weight excluding hydrogens is 192 g/mol. The minimum atomic E-state index is -1.02. The first-order chi connectivity index (χ1) is 6.73. The van der Waals surface area contributed by atoms with Crippen LogP contribution >= 0.6 is 0 Å². The molecule has 0 rings (SSSR count). The van der Waals surface area contributed by atoms with Crippen molar-refractivity contribution in [2.24, 2.45) is 16.7 Å². The molecule has 0 saturated heterocycles. The highest BCUT2D eigenvalue weighted by Crippen LogP contribution is 2.46. The first-order valence-corrected chi connectivity index (χ1v) is 5.57. The number of aliphatic hydroxyl groups excluding tert-OH is 1. The third kappa shape index (κ3) is 2.71. The van der Waals surface area contributed by atoms with Gasteiger partial charge in [0.15, 0.2) is 0 Å². The molecule has 1 atom stereocenters. The molecule has 0 amide bonds. The maximum atomic E-state index is 11.4. The average Bonchev–Trinajstić information content (AvgIpc) is 2.12. The van der Waals surface area contributed by atoms with Crippen molar-refractivity contribution < 1.29 is 15.0 Å². The van der Waals surface area contributed by atoms with Gasteiger partial charge in [0.1, 0.15) is 0 Å². The molecule has 0 spiro atoms. The molecule has 0 aliphatic rings. The summed E-state index contributed by atoms with van der Waals surface area (Å²) in [6.45, 7) is 9.48. The lowest BCUT2D eigenvalue weighted by molar-refractivity contribution is -0.164. The number of carboxylic acid groups (broad SMARTS) is 1. The Morgan fingerprint density at radius 3 is 2.00 bits per heavy atom. The van der Waals surface area contributed by atoms with Crippen molar-refractivity contribution in [1.29, 1.82) is 0 Å². The molecule has 1 unspecified atom stereocenters. The largest absolute Gasteiger partial charge is 0.481 e. The molecule has 0 aromatic carbocycles. The molecular formula is C12H24O3. The molecule has 0 radical (unpaired) electrons. The third-order valence-electron chi connectivity index (χ3n) is 3.62. The van der Waals surface area contributed by atoms with Crippen LogP contribution in [-0.4, -0.2) is 22.8 Å². The molecule has 3 nitrogen and oxygen atoms in total. The van der Waals surface area contributed by atoms with Crippen molar-refractivity contribution in [3.05, 3.63) is 0 Å². The standard InChI is InChI=1S/C12H24O3/c1-6-11(4,5)12(8-13,10(14)15)7-9(2)3/h9,13H,6-8H2,1-5H3,(H,14,15). The van der Waals surface area contributed by atoms with Crippen LogP contribution in [0, 0.1) is 16.7 Å². The van der Waals surface area contributed by atoms with Crippen molar-refractivity contribution in [1.82, 2.24) is 0 Å². The lowest BCUT2D eigenvalue weighted by atomic mass is 9.61. The molecule has 0 aliphatic carbocycles. The van der Waals surface area contributed by atoms with Gasteiger partial charge in [-0.1, -0.05) is 34.6 Å². The van der Waals surface area contributed by atoms with Crippen molar-refractivity contribution in [3.8, 4) is 0 Å². The predicted molar refractivity (Wildman–Crippen MR) is 60.7 cm³/mol. The molecule has 0 bridgehead atoms. The minimum Gasteiger partial charge on any atom is -0.481 e. The van der Waals surface area contributed by atoms with Crippen molar-refractivity contribution in [2.75, 3.05) is 6.61 Å². The summed E-state index contributed by atoms with van der Waals surface area (Å²) in [6.07, 6.45) is 1.26. The maximum Gasteiger partial charge on any atom is 0.312 e. The van der Waals surface area contributed by atoms with E-state index in [9.17, 15) is 15.0 Å². The summed E-state index contributed by atoms with van der Waals surface area (Å²) in [5.74, 6) is -0.621. The fraction of sp³-hybridized carbons (Fsp3) is 0.917. The van der Waals surface area contributed by atoms with Crippen LogP contribution < -0.4 is 0 Å². The Kier molecular flexibility index (Phi) is 4.78. The highest BCUT2D eigenvalue weighted by Gasteiger charge is 2.50. The van der Waals surface area contributed by atoms with E-state index < -0.39 is 16.8 Å². The quantitative estimate of drug-likeness (QED) is 0.717. The van der Waals surface area contributed by atoms with Crippen LogP contribution in [0.1, 0.15) is 47.5 Å². The zero-order valence-electron chi connectivity index (χ0n) is 10.5. The maximum absolute atomic E-state index is 11.4. The van der Waals surface area contributed by atoms with Crippen LogP contribution in [-0.2, 0) is 4.79 Å². The Morgan fingerprint density at radius 2 is 1.80 bits per heavy atom. The van der Waals surface area contributed by atoms with E-state index in [4.69, 9.17) is 0 Å². The van der Waals surface area contributed by atoms with Crippen LogP contribution in [0.5, 0.6) is 0 Å². The Labute approximate surface area is 92.5 Å². The molecule has 0 aromatic heterocycles. The molecule has 2 N–H and O–H groups in total. The number of hydrogen-bond acceptors (Lipinski definition) is 2. The Morgan fingerprint density at radius 1 is 1.33 bits per heavy atom. The summed E-state index contributed by atoms with van der Waals surface area (Å²) < 4.78 is 0. The Balaban J connectivity index is 5.24. The number of aliphatic hydroxyl groups is 1. The van der Waals surface area contributed by atoms with Crippen LogP contribution in [0.4, 0.5) is 0 Å². The van der Waals surface area contributed by atoms with E-state index >= 15 is 0 Å². The molecule has 0 saturated carbocycles. The number of carboxylic acids is 1.